The minimum atomic E-state index is -3.57. The van der Waals surface area contributed by atoms with Crippen molar-refractivity contribution in [2.24, 2.45) is 5.92 Å². The number of sulfonamides is 1. The first kappa shape index (κ1) is 17.0. The number of nitrogens with one attached hydrogen (secondary N) is 1. The highest BCUT2D eigenvalue weighted by atomic mass is 32.2. The normalized spacial score (nSPS) is 14.6. The Balaban J connectivity index is 2.53. The second-order valence-corrected chi connectivity index (χ2v) is 6.63. The maximum Gasteiger partial charge on any atom is 0.309 e. The van der Waals surface area contributed by atoms with Crippen molar-refractivity contribution in [1.29, 1.82) is 0 Å². The Morgan fingerprint density at radius 3 is 2.45 bits per heavy atom. The predicted molar refractivity (Wildman–Crippen MR) is 80.2 cm³/mol. The van der Waals surface area contributed by atoms with Crippen LogP contribution in [0.2, 0.25) is 0 Å². The first-order valence-corrected chi connectivity index (χ1v) is 8.34. The number of benzene rings is 1. The van der Waals surface area contributed by atoms with Crippen LogP contribution in [0.4, 0.5) is 0 Å². The Morgan fingerprint density at radius 2 is 1.90 bits per heavy atom. The van der Waals surface area contributed by atoms with Crippen LogP contribution < -0.4 is 4.72 Å². The van der Waals surface area contributed by atoms with E-state index in [4.69, 9.17) is 4.74 Å². The van der Waals surface area contributed by atoms with Gasteiger partial charge in [0.25, 0.3) is 0 Å². The van der Waals surface area contributed by atoms with Gasteiger partial charge in [0.2, 0.25) is 10.0 Å². The van der Waals surface area contributed by atoms with E-state index in [2.05, 4.69) is 17.4 Å². The Labute approximate surface area is 125 Å². The molecule has 1 aromatic rings. The van der Waals surface area contributed by atoms with Crippen molar-refractivity contribution >= 4 is 28.6 Å². The van der Waals surface area contributed by atoms with E-state index in [9.17, 15) is 13.2 Å². The van der Waals surface area contributed by atoms with Crippen molar-refractivity contribution < 1.29 is 17.9 Å². The zero-order chi connectivity index (χ0) is 15.2. The van der Waals surface area contributed by atoms with Crippen molar-refractivity contribution in [2.75, 3.05) is 12.3 Å². The van der Waals surface area contributed by atoms with Gasteiger partial charge in [0.05, 0.1) is 10.8 Å². The van der Waals surface area contributed by atoms with Gasteiger partial charge in [0.15, 0.2) is 0 Å². The van der Waals surface area contributed by atoms with Crippen LogP contribution in [-0.4, -0.2) is 32.8 Å². The molecule has 0 radical (unpaired) electrons. The van der Waals surface area contributed by atoms with Crippen LogP contribution in [0.15, 0.2) is 35.2 Å². The molecule has 5 nitrogen and oxygen atoms in total. The lowest BCUT2D eigenvalue weighted by atomic mass is 10.2. The topological polar surface area (TPSA) is 72.5 Å². The number of carbonyl (C=O) groups is 1. The van der Waals surface area contributed by atoms with Crippen LogP contribution in [0.25, 0.3) is 0 Å². The fraction of sp³-hybridized carbons (Fsp3) is 0.462. The maximum atomic E-state index is 11.9. The Kier molecular flexibility index (Phi) is 6.51. The van der Waals surface area contributed by atoms with E-state index in [1.807, 2.05) is 0 Å². The Hall–Kier alpha value is -1.05. The molecule has 1 N–H and O–H groups in total. The molecule has 1 rings (SSSR count). The van der Waals surface area contributed by atoms with Gasteiger partial charge in [-0.3, -0.25) is 4.79 Å². The Bertz CT molecular complexity index is 531. The minimum Gasteiger partial charge on any atom is -0.461 e. The largest absolute Gasteiger partial charge is 0.461 e. The average molecular weight is 317 g/mol. The molecule has 0 fully saturated rings. The van der Waals surface area contributed by atoms with Crippen molar-refractivity contribution in [2.45, 2.75) is 24.8 Å². The number of hydrogen-bond donors (Lipinski definition) is 2. The predicted octanol–water partition coefficient (Wildman–Crippen LogP) is 1.46. The summed E-state index contributed by atoms with van der Waals surface area (Å²) in [5.74, 6) is -0.306. The lowest BCUT2D eigenvalue weighted by molar-refractivity contribution is -0.151. The Morgan fingerprint density at radius 1 is 1.30 bits per heavy atom. The molecule has 0 saturated carbocycles. The van der Waals surface area contributed by atoms with Gasteiger partial charge in [-0.05, 0) is 19.1 Å². The highest BCUT2D eigenvalue weighted by Crippen LogP contribution is 2.08. The molecule has 112 valence electrons. The highest BCUT2D eigenvalue weighted by molar-refractivity contribution is 7.89. The number of rotatable bonds is 7. The molecule has 0 heterocycles. The molecule has 7 heteroatoms. The van der Waals surface area contributed by atoms with Crippen molar-refractivity contribution in [3.63, 3.8) is 0 Å². The molecule has 0 aromatic heterocycles. The zero-order valence-corrected chi connectivity index (χ0v) is 13.2. The molecule has 0 aliphatic carbocycles. The molecule has 0 bridgehead atoms. The quantitative estimate of drug-likeness (QED) is 0.590. The van der Waals surface area contributed by atoms with Crippen molar-refractivity contribution in [1.82, 2.24) is 4.72 Å². The number of hydrogen-bond acceptors (Lipinski definition) is 5. The zero-order valence-electron chi connectivity index (χ0n) is 11.4. The average Bonchev–Trinajstić information content (AvgIpc) is 2.45. The van der Waals surface area contributed by atoms with Gasteiger partial charge in [-0.15, -0.1) is 0 Å². The molecule has 0 unspecified atom stereocenters. The molecule has 0 aliphatic rings. The minimum absolute atomic E-state index is 0.0300. The summed E-state index contributed by atoms with van der Waals surface area (Å²) in [6.07, 6.45) is -0.539. The summed E-state index contributed by atoms with van der Waals surface area (Å²) in [6, 6.07) is 8.03. The summed E-state index contributed by atoms with van der Waals surface area (Å²) in [4.78, 5) is 11.7. The third kappa shape index (κ3) is 5.15. The van der Waals surface area contributed by atoms with Crippen LogP contribution in [0.3, 0.4) is 0 Å². The van der Waals surface area contributed by atoms with Gasteiger partial charge >= 0.3 is 5.97 Å². The molecular formula is C13H19NO4S2. The SMILES string of the molecule is C[C@H](CS)C(=O)O[C@@H](C)CNS(=O)(=O)c1ccccc1. The van der Waals surface area contributed by atoms with Crippen LogP contribution in [-0.2, 0) is 19.6 Å². The lowest BCUT2D eigenvalue weighted by Gasteiger charge is -2.16. The molecule has 0 aliphatic heterocycles. The third-order valence-corrected chi connectivity index (χ3v) is 4.60. The van der Waals surface area contributed by atoms with Gasteiger partial charge in [0, 0.05) is 12.3 Å². The molecule has 0 saturated heterocycles. The summed E-state index contributed by atoms with van der Waals surface area (Å²) in [5, 5.41) is 0. The maximum absolute atomic E-state index is 11.9. The molecule has 20 heavy (non-hydrogen) atoms. The summed E-state index contributed by atoms with van der Waals surface area (Å²) in [5.41, 5.74) is 0. The van der Waals surface area contributed by atoms with E-state index in [-0.39, 0.29) is 23.3 Å². The molecule has 1 aromatic carbocycles. The van der Waals surface area contributed by atoms with Gasteiger partial charge in [-0.1, -0.05) is 25.1 Å². The van der Waals surface area contributed by atoms with Crippen LogP contribution in [0.5, 0.6) is 0 Å². The second kappa shape index (κ2) is 7.66. The summed E-state index contributed by atoms with van der Waals surface area (Å²) < 4.78 is 31.4. The van der Waals surface area contributed by atoms with Crippen molar-refractivity contribution in [3.05, 3.63) is 30.3 Å². The van der Waals surface area contributed by atoms with Gasteiger partial charge in [-0.2, -0.15) is 12.6 Å². The van der Waals surface area contributed by atoms with Gasteiger partial charge < -0.3 is 4.74 Å². The van der Waals surface area contributed by atoms with E-state index >= 15 is 0 Å². The van der Waals surface area contributed by atoms with Crippen LogP contribution >= 0.6 is 12.6 Å². The van der Waals surface area contributed by atoms with E-state index in [0.29, 0.717) is 5.75 Å². The molecule has 0 amide bonds. The van der Waals surface area contributed by atoms with Gasteiger partial charge in [0.1, 0.15) is 6.10 Å². The number of thiol groups is 1. The molecule has 2 atom stereocenters. The highest BCUT2D eigenvalue weighted by Gasteiger charge is 2.19. The standard InChI is InChI=1S/C13H19NO4S2/c1-10(9-19)13(15)18-11(2)8-14-20(16,17)12-6-4-3-5-7-12/h3-7,10-11,14,19H,8-9H2,1-2H3/t10-,11+/m1/s1. The molecule has 0 spiro atoms. The summed E-state index contributed by atoms with van der Waals surface area (Å²) in [6.45, 7) is 3.37. The number of esters is 1. The summed E-state index contributed by atoms with van der Waals surface area (Å²) in [7, 11) is -3.57. The van der Waals surface area contributed by atoms with Crippen LogP contribution in [0, 0.1) is 5.92 Å². The molecular weight excluding hydrogens is 298 g/mol. The summed E-state index contributed by atoms with van der Waals surface area (Å²) >= 11 is 4.01. The monoisotopic (exact) mass is 317 g/mol. The second-order valence-electron chi connectivity index (χ2n) is 4.50. The lowest BCUT2D eigenvalue weighted by Crippen LogP contribution is -2.34. The fourth-order valence-electron chi connectivity index (χ4n) is 1.34. The van der Waals surface area contributed by atoms with Gasteiger partial charge in [-0.25, -0.2) is 13.1 Å². The first-order chi connectivity index (χ1) is 9.36. The number of ether oxygens (including phenoxy) is 1. The smallest absolute Gasteiger partial charge is 0.309 e. The first-order valence-electron chi connectivity index (χ1n) is 6.23. The fourth-order valence-corrected chi connectivity index (χ4v) is 2.63. The van der Waals surface area contributed by atoms with Crippen molar-refractivity contribution in [3.8, 4) is 0 Å². The van der Waals surface area contributed by atoms with E-state index in [1.54, 1.807) is 32.0 Å². The van der Waals surface area contributed by atoms with E-state index < -0.39 is 16.1 Å². The third-order valence-electron chi connectivity index (χ3n) is 2.61. The van der Waals surface area contributed by atoms with E-state index in [0.717, 1.165) is 0 Å². The van der Waals surface area contributed by atoms with Crippen LogP contribution in [0.1, 0.15) is 13.8 Å². The van der Waals surface area contributed by atoms with E-state index in [1.165, 1.54) is 12.1 Å². The number of carbonyl (C=O) groups excluding carboxylic acids is 1.